The molecule has 2 aromatic carbocycles. The van der Waals surface area contributed by atoms with E-state index in [1.54, 1.807) is 6.20 Å². The second kappa shape index (κ2) is 7.56. The Hall–Kier alpha value is -2.88. The van der Waals surface area contributed by atoms with E-state index in [0.29, 0.717) is 18.8 Å². The summed E-state index contributed by atoms with van der Waals surface area (Å²) in [6.07, 6.45) is 2.06. The molecule has 26 heavy (non-hydrogen) atoms. The highest BCUT2D eigenvalue weighted by Gasteiger charge is 2.13. The SMILES string of the molecule is CC(C)(C)c1ccc(Cn2nccc2NC(=O)Cc2ccccc2)cc1. The summed E-state index contributed by atoms with van der Waals surface area (Å²) in [5.74, 6) is 0.673. The Morgan fingerprint density at radius 1 is 0.962 bits per heavy atom. The van der Waals surface area contributed by atoms with Crippen molar-refractivity contribution < 1.29 is 4.79 Å². The van der Waals surface area contributed by atoms with Gasteiger partial charge in [-0.1, -0.05) is 75.4 Å². The molecule has 4 heteroatoms. The first kappa shape index (κ1) is 17.9. The second-order valence-corrected chi connectivity index (χ2v) is 7.53. The number of rotatable bonds is 5. The Labute approximate surface area is 154 Å². The Balaban J connectivity index is 1.66. The zero-order valence-electron chi connectivity index (χ0n) is 15.6. The second-order valence-electron chi connectivity index (χ2n) is 7.53. The normalized spacial score (nSPS) is 11.3. The van der Waals surface area contributed by atoms with E-state index in [-0.39, 0.29) is 11.3 Å². The zero-order chi connectivity index (χ0) is 18.6. The topological polar surface area (TPSA) is 46.9 Å². The monoisotopic (exact) mass is 347 g/mol. The van der Waals surface area contributed by atoms with Gasteiger partial charge in [0.05, 0.1) is 19.2 Å². The van der Waals surface area contributed by atoms with Crippen molar-refractivity contribution in [3.63, 3.8) is 0 Å². The van der Waals surface area contributed by atoms with E-state index < -0.39 is 0 Å². The van der Waals surface area contributed by atoms with Gasteiger partial charge in [-0.3, -0.25) is 4.79 Å². The van der Waals surface area contributed by atoms with Gasteiger partial charge in [0.2, 0.25) is 5.91 Å². The average molecular weight is 347 g/mol. The smallest absolute Gasteiger partial charge is 0.229 e. The first-order chi connectivity index (χ1) is 12.4. The summed E-state index contributed by atoms with van der Waals surface area (Å²) in [5, 5.41) is 7.30. The van der Waals surface area contributed by atoms with Gasteiger partial charge in [-0.2, -0.15) is 5.10 Å². The molecule has 0 bridgehead atoms. The highest BCUT2D eigenvalue weighted by atomic mass is 16.1. The van der Waals surface area contributed by atoms with Gasteiger partial charge in [0.15, 0.2) is 0 Å². The molecule has 134 valence electrons. The van der Waals surface area contributed by atoms with Crippen molar-refractivity contribution in [1.82, 2.24) is 9.78 Å². The van der Waals surface area contributed by atoms with Crippen molar-refractivity contribution in [2.24, 2.45) is 0 Å². The van der Waals surface area contributed by atoms with Crippen molar-refractivity contribution in [3.05, 3.63) is 83.6 Å². The van der Waals surface area contributed by atoms with E-state index in [9.17, 15) is 4.79 Å². The number of aromatic nitrogens is 2. The minimum atomic E-state index is -0.0407. The molecule has 0 aliphatic rings. The maximum atomic E-state index is 12.3. The highest BCUT2D eigenvalue weighted by molar-refractivity contribution is 5.91. The highest BCUT2D eigenvalue weighted by Crippen LogP contribution is 2.22. The summed E-state index contributed by atoms with van der Waals surface area (Å²) in [5.41, 5.74) is 3.59. The number of nitrogens with zero attached hydrogens (tertiary/aromatic N) is 2. The molecule has 0 atom stereocenters. The van der Waals surface area contributed by atoms with Crippen molar-refractivity contribution in [3.8, 4) is 0 Å². The van der Waals surface area contributed by atoms with Crippen molar-refractivity contribution in [2.75, 3.05) is 5.32 Å². The molecule has 0 radical (unpaired) electrons. The van der Waals surface area contributed by atoms with Crippen LogP contribution in [0, 0.1) is 0 Å². The van der Waals surface area contributed by atoms with Gasteiger partial charge < -0.3 is 5.32 Å². The van der Waals surface area contributed by atoms with Crippen LogP contribution in [0.4, 0.5) is 5.82 Å². The zero-order valence-corrected chi connectivity index (χ0v) is 15.6. The van der Waals surface area contributed by atoms with Gasteiger partial charge in [-0.25, -0.2) is 4.68 Å². The predicted molar refractivity (Wildman–Crippen MR) is 105 cm³/mol. The fraction of sp³-hybridized carbons (Fsp3) is 0.273. The Bertz CT molecular complexity index is 858. The first-order valence-electron chi connectivity index (χ1n) is 8.87. The number of anilines is 1. The molecule has 0 saturated carbocycles. The largest absolute Gasteiger partial charge is 0.311 e. The third-order valence-corrected chi connectivity index (χ3v) is 4.34. The summed E-state index contributed by atoms with van der Waals surface area (Å²) < 4.78 is 1.81. The molecule has 0 aliphatic heterocycles. The minimum absolute atomic E-state index is 0.0407. The summed E-state index contributed by atoms with van der Waals surface area (Å²) in [6, 6.07) is 20.1. The molecule has 0 aliphatic carbocycles. The van der Waals surface area contributed by atoms with Crippen LogP contribution in [-0.4, -0.2) is 15.7 Å². The quantitative estimate of drug-likeness (QED) is 0.743. The molecule has 0 saturated heterocycles. The number of nitrogens with one attached hydrogen (secondary N) is 1. The van der Waals surface area contributed by atoms with Crippen LogP contribution in [0.15, 0.2) is 66.9 Å². The first-order valence-corrected chi connectivity index (χ1v) is 8.87. The van der Waals surface area contributed by atoms with Gasteiger partial charge >= 0.3 is 0 Å². The number of amides is 1. The van der Waals surface area contributed by atoms with Gasteiger partial charge in [0.25, 0.3) is 0 Å². The Kier molecular flexibility index (Phi) is 5.21. The minimum Gasteiger partial charge on any atom is -0.311 e. The van der Waals surface area contributed by atoms with E-state index in [1.165, 1.54) is 5.56 Å². The standard InChI is InChI=1S/C22H25N3O/c1-22(2,3)19-11-9-18(10-12-19)16-25-20(13-14-23-25)24-21(26)15-17-7-5-4-6-8-17/h4-14H,15-16H2,1-3H3,(H,24,26). The molecule has 3 rings (SSSR count). The fourth-order valence-corrected chi connectivity index (χ4v) is 2.82. The Morgan fingerprint density at radius 3 is 2.31 bits per heavy atom. The molecule has 0 fully saturated rings. The lowest BCUT2D eigenvalue weighted by atomic mass is 9.87. The van der Waals surface area contributed by atoms with Gasteiger partial charge in [-0.15, -0.1) is 0 Å². The lowest BCUT2D eigenvalue weighted by Crippen LogP contribution is -2.18. The van der Waals surface area contributed by atoms with Crippen LogP contribution in [0.1, 0.15) is 37.5 Å². The fourth-order valence-electron chi connectivity index (χ4n) is 2.82. The summed E-state index contributed by atoms with van der Waals surface area (Å²) in [7, 11) is 0. The molecule has 0 spiro atoms. The molecule has 3 aromatic rings. The van der Waals surface area contributed by atoms with E-state index in [1.807, 2.05) is 41.1 Å². The van der Waals surface area contributed by atoms with E-state index in [2.05, 4.69) is 55.5 Å². The van der Waals surface area contributed by atoms with Crippen molar-refractivity contribution in [1.29, 1.82) is 0 Å². The number of hydrogen-bond donors (Lipinski definition) is 1. The molecule has 1 N–H and O–H groups in total. The third kappa shape index (κ3) is 4.60. The van der Waals surface area contributed by atoms with Crippen LogP contribution in [0.2, 0.25) is 0 Å². The summed E-state index contributed by atoms with van der Waals surface area (Å²) in [4.78, 5) is 12.3. The van der Waals surface area contributed by atoms with Crippen molar-refractivity contribution >= 4 is 11.7 Å². The van der Waals surface area contributed by atoms with Crippen LogP contribution >= 0.6 is 0 Å². The molecule has 1 amide bonds. The summed E-state index contributed by atoms with van der Waals surface area (Å²) in [6.45, 7) is 7.24. The predicted octanol–water partition coefficient (Wildman–Crippen LogP) is 4.41. The number of benzene rings is 2. The van der Waals surface area contributed by atoms with Crippen LogP contribution in [0.25, 0.3) is 0 Å². The average Bonchev–Trinajstić information content (AvgIpc) is 3.02. The molecule has 1 heterocycles. The molecule has 1 aromatic heterocycles. The lowest BCUT2D eigenvalue weighted by molar-refractivity contribution is -0.115. The van der Waals surface area contributed by atoms with Crippen LogP contribution in [0.3, 0.4) is 0 Å². The van der Waals surface area contributed by atoms with Crippen LogP contribution in [0.5, 0.6) is 0 Å². The molecular formula is C22H25N3O. The Morgan fingerprint density at radius 2 is 1.65 bits per heavy atom. The van der Waals surface area contributed by atoms with Crippen molar-refractivity contribution in [2.45, 2.75) is 39.2 Å². The lowest BCUT2D eigenvalue weighted by Gasteiger charge is -2.19. The van der Waals surface area contributed by atoms with E-state index in [0.717, 1.165) is 11.1 Å². The number of carbonyl (C=O) groups excluding carboxylic acids is 1. The maximum absolute atomic E-state index is 12.3. The van der Waals surface area contributed by atoms with Gasteiger partial charge in [0.1, 0.15) is 5.82 Å². The third-order valence-electron chi connectivity index (χ3n) is 4.34. The number of hydrogen-bond acceptors (Lipinski definition) is 2. The maximum Gasteiger partial charge on any atom is 0.229 e. The van der Waals surface area contributed by atoms with E-state index >= 15 is 0 Å². The van der Waals surface area contributed by atoms with Crippen LogP contribution < -0.4 is 5.32 Å². The molecule has 0 unspecified atom stereocenters. The number of carbonyl (C=O) groups is 1. The van der Waals surface area contributed by atoms with Crippen LogP contribution in [-0.2, 0) is 23.2 Å². The summed E-state index contributed by atoms with van der Waals surface area (Å²) >= 11 is 0. The van der Waals surface area contributed by atoms with E-state index in [4.69, 9.17) is 0 Å². The van der Waals surface area contributed by atoms with Gasteiger partial charge in [-0.05, 0) is 22.1 Å². The van der Waals surface area contributed by atoms with Gasteiger partial charge in [0, 0.05) is 6.07 Å². The molecule has 4 nitrogen and oxygen atoms in total. The molecular weight excluding hydrogens is 322 g/mol.